The van der Waals surface area contributed by atoms with Crippen LogP contribution >= 0.6 is 0 Å². The fourth-order valence-corrected chi connectivity index (χ4v) is 2.99. The van der Waals surface area contributed by atoms with Gasteiger partial charge < -0.3 is 20.8 Å². The number of nitrogens with two attached hydrogens (primary N) is 1. The van der Waals surface area contributed by atoms with E-state index < -0.39 is 11.1 Å². The summed E-state index contributed by atoms with van der Waals surface area (Å²) >= 11 is 0. The molecule has 5 N–H and O–H groups in total. The summed E-state index contributed by atoms with van der Waals surface area (Å²) in [4.78, 5) is 30.8. The molecule has 7 nitrogen and oxygen atoms in total. The molecule has 1 aliphatic heterocycles. The highest BCUT2D eigenvalue weighted by Crippen LogP contribution is 2.25. The van der Waals surface area contributed by atoms with Crippen molar-refractivity contribution in [2.24, 2.45) is 0 Å². The van der Waals surface area contributed by atoms with Crippen LogP contribution in [0.4, 0.5) is 5.69 Å². The molecule has 1 saturated heterocycles. The van der Waals surface area contributed by atoms with Crippen molar-refractivity contribution in [3.05, 3.63) is 37.9 Å². The van der Waals surface area contributed by atoms with Crippen molar-refractivity contribution in [1.82, 2.24) is 14.9 Å². The number of H-pyrrole nitrogens is 2. The summed E-state index contributed by atoms with van der Waals surface area (Å²) in [7, 11) is 1.00. The van der Waals surface area contributed by atoms with Crippen LogP contribution in [0.3, 0.4) is 0 Å². The lowest BCUT2D eigenvalue weighted by molar-refractivity contribution is 0.221. The number of aromatic amines is 2. The third-order valence-electron chi connectivity index (χ3n) is 4.28. The summed E-state index contributed by atoms with van der Waals surface area (Å²) in [5, 5.41) is 7.00. The standard InChI is InChI=1S/C15H20N4O2.CH4O/c1-9-10(8-19-5-3-2-4-6-19)13-12(7-11(9)16)17-14(20)15(21)18-13;1-2/h7H,2-6,8,16H2,1H3,(H,17,20)(H,18,21);2H,1H3. The van der Waals surface area contributed by atoms with Crippen LogP contribution in [0, 0.1) is 6.92 Å². The maximum Gasteiger partial charge on any atom is 0.314 e. The van der Waals surface area contributed by atoms with Gasteiger partial charge in [0, 0.05) is 19.3 Å². The molecule has 0 aliphatic carbocycles. The number of hydrogen-bond donors (Lipinski definition) is 4. The quantitative estimate of drug-likeness (QED) is 0.480. The number of nitrogens with one attached hydrogen (secondary N) is 2. The molecule has 0 amide bonds. The van der Waals surface area contributed by atoms with Crippen LogP contribution in [0.2, 0.25) is 0 Å². The predicted molar refractivity (Wildman–Crippen MR) is 91.6 cm³/mol. The number of aromatic nitrogens is 2. The first kappa shape index (κ1) is 17.2. The highest BCUT2D eigenvalue weighted by molar-refractivity contribution is 5.83. The van der Waals surface area contributed by atoms with Gasteiger partial charge in [-0.2, -0.15) is 0 Å². The van der Waals surface area contributed by atoms with Crippen molar-refractivity contribution >= 4 is 16.7 Å². The Labute approximate surface area is 134 Å². The Bertz CT molecular complexity index is 788. The number of piperidine rings is 1. The van der Waals surface area contributed by atoms with Crippen molar-refractivity contribution in [2.45, 2.75) is 32.7 Å². The molecule has 0 radical (unpaired) electrons. The third kappa shape index (κ3) is 3.62. The van der Waals surface area contributed by atoms with E-state index in [9.17, 15) is 9.59 Å². The monoisotopic (exact) mass is 320 g/mol. The lowest BCUT2D eigenvalue weighted by Gasteiger charge is -2.27. The number of benzene rings is 1. The smallest absolute Gasteiger partial charge is 0.314 e. The van der Waals surface area contributed by atoms with Crippen molar-refractivity contribution in [1.29, 1.82) is 0 Å². The number of anilines is 1. The average Bonchev–Trinajstić information content (AvgIpc) is 2.57. The van der Waals surface area contributed by atoms with Crippen LogP contribution in [0.15, 0.2) is 15.7 Å². The van der Waals surface area contributed by atoms with E-state index in [4.69, 9.17) is 10.8 Å². The molecule has 1 aliphatic rings. The van der Waals surface area contributed by atoms with Crippen LogP contribution < -0.4 is 16.9 Å². The molecular weight excluding hydrogens is 296 g/mol. The summed E-state index contributed by atoms with van der Waals surface area (Å²) in [5.74, 6) is 0. The van der Waals surface area contributed by atoms with Gasteiger partial charge in [0.15, 0.2) is 0 Å². The first-order chi connectivity index (χ1) is 11.1. The minimum Gasteiger partial charge on any atom is -0.400 e. The molecule has 126 valence electrons. The van der Waals surface area contributed by atoms with Gasteiger partial charge in [-0.3, -0.25) is 14.5 Å². The maximum absolute atomic E-state index is 11.6. The van der Waals surface area contributed by atoms with Crippen LogP contribution in [-0.4, -0.2) is 40.2 Å². The Kier molecular flexibility index (Phi) is 5.57. The SMILES string of the molecule is CO.Cc1c(N)cc2[nH]c(=O)c(=O)[nH]c2c1CN1CCCCC1. The Morgan fingerprint density at radius 1 is 1.13 bits per heavy atom. The predicted octanol–water partition coefficient (Wildman–Crippen LogP) is 0.701. The Balaban J connectivity index is 0.000000924. The molecule has 0 bridgehead atoms. The molecular formula is C16H24N4O3. The van der Waals surface area contributed by atoms with Gasteiger partial charge >= 0.3 is 11.1 Å². The van der Waals surface area contributed by atoms with Crippen molar-refractivity contribution in [2.75, 3.05) is 25.9 Å². The first-order valence-corrected chi connectivity index (χ1v) is 7.77. The van der Waals surface area contributed by atoms with Crippen LogP contribution in [0.1, 0.15) is 30.4 Å². The number of rotatable bonds is 2. The molecule has 0 spiro atoms. The fraction of sp³-hybridized carbons (Fsp3) is 0.500. The molecule has 0 unspecified atom stereocenters. The van der Waals surface area contributed by atoms with E-state index in [1.807, 2.05) is 6.92 Å². The van der Waals surface area contributed by atoms with Crippen molar-refractivity contribution < 1.29 is 5.11 Å². The Hall–Kier alpha value is -2.12. The van der Waals surface area contributed by atoms with E-state index in [0.717, 1.165) is 37.9 Å². The minimum atomic E-state index is -0.644. The minimum absolute atomic E-state index is 0.592. The molecule has 0 atom stereocenters. The van der Waals surface area contributed by atoms with Gasteiger partial charge in [0.25, 0.3) is 0 Å². The lowest BCUT2D eigenvalue weighted by Crippen LogP contribution is -2.32. The second-order valence-corrected chi connectivity index (χ2v) is 5.74. The summed E-state index contributed by atoms with van der Waals surface area (Å²) in [5.41, 5.74) is 8.67. The zero-order valence-electron chi connectivity index (χ0n) is 13.6. The van der Waals surface area contributed by atoms with Crippen LogP contribution in [-0.2, 0) is 6.54 Å². The number of aliphatic hydroxyl groups excluding tert-OH is 1. The van der Waals surface area contributed by atoms with E-state index in [-0.39, 0.29) is 0 Å². The second kappa shape index (κ2) is 7.43. The third-order valence-corrected chi connectivity index (χ3v) is 4.28. The topological polar surface area (TPSA) is 115 Å². The van der Waals surface area contributed by atoms with Crippen LogP contribution in [0.5, 0.6) is 0 Å². The molecule has 3 rings (SSSR count). The second-order valence-electron chi connectivity index (χ2n) is 5.74. The van der Waals surface area contributed by atoms with E-state index in [2.05, 4.69) is 14.9 Å². The molecule has 1 aromatic carbocycles. The molecule has 1 fully saturated rings. The fourth-order valence-electron chi connectivity index (χ4n) is 2.99. The van der Waals surface area contributed by atoms with Gasteiger partial charge in [-0.05, 0) is 50.0 Å². The Morgan fingerprint density at radius 3 is 2.39 bits per heavy atom. The van der Waals surface area contributed by atoms with Gasteiger partial charge in [0.1, 0.15) is 0 Å². The highest BCUT2D eigenvalue weighted by atomic mass is 16.2. The zero-order valence-corrected chi connectivity index (χ0v) is 13.6. The summed E-state index contributed by atoms with van der Waals surface area (Å²) in [6.07, 6.45) is 3.68. The molecule has 2 heterocycles. The van der Waals surface area contributed by atoms with E-state index in [1.165, 1.54) is 19.3 Å². The largest absolute Gasteiger partial charge is 0.400 e. The van der Waals surface area contributed by atoms with E-state index in [0.29, 0.717) is 16.7 Å². The van der Waals surface area contributed by atoms with E-state index >= 15 is 0 Å². The van der Waals surface area contributed by atoms with Crippen molar-refractivity contribution in [3.8, 4) is 0 Å². The number of fused-ring (bicyclic) bond motifs is 1. The highest BCUT2D eigenvalue weighted by Gasteiger charge is 2.16. The van der Waals surface area contributed by atoms with Gasteiger partial charge in [0.05, 0.1) is 11.0 Å². The van der Waals surface area contributed by atoms with Crippen molar-refractivity contribution in [3.63, 3.8) is 0 Å². The average molecular weight is 320 g/mol. The molecule has 1 aromatic heterocycles. The molecule has 7 heteroatoms. The summed E-state index contributed by atoms with van der Waals surface area (Å²) < 4.78 is 0. The van der Waals surface area contributed by atoms with Gasteiger partial charge in [0.2, 0.25) is 0 Å². The first-order valence-electron chi connectivity index (χ1n) is 7.77. The summed E-state index contributed by atoms with van der Waals surface area (Å²) in [6, 6.07) is 1.71. The number of aliphatic hydroxyl groups is 1. The number of nitrogen functional groups attached to an aromatic ring is 1. The normalized spacial score (nSPS) is 15.3. The number of nitrogens with zero attached hydrogens (tertiary/aromatic N) is 1. The van der Waals surface area contributed by atoms with Gasteiger partial charge in [-0.15, -0.1) is 0 Å². The maximum atomic E-state index is 11.6. The van der Waals surface area contributed by atoms with Crippen LogP contribution in [0.25, 0.3) is 11.0 Å². The lowest BCUT2D eigenvalue weighted by atomic mass is 10.0. The zero-order chi connectivity index (χ0) is 17.0. The van der Waals surface area contributed by atoms with Gasteiger partial charge in [-0.25, -0.2) is 0 Å². The summed E-state index contributed by atoms with van der Waals surface area (Å²) in [6.45, 7) is 4.82. The Morgan fingerprint density at radius 2 is 1.74 bits per heavy atom. The molecule has 0 saturated carbocycles. The molecule has 23 heavy (non-hydrogen) atoms. The number of hydrogen-bond acceptors (Lipinski definition) is 5. The molecule has 2 aromatic rings. The number of likely N-dealkylation sites (tertiary alicyclic amines) is 1. The van der Waals surface area contributed by atoms with Gasteiger partial charge in [-0.1, -0.05) is 6.42 Å². The van der Waals surface area contributed by atoms with E-state index in [1.54, 1.807) is 6.07 Å².